The van der Waals surface area contributed by atoms with Crippen molar-refractivity contribution >= 4 is 11.0 Å². The van der Waals surface area contributed by atoms with Crippen LogP contribution in [0.25, 0.3) is 11.0 Å². The molecule has 24 heavy (non-hydrogen) atoms. The first kappa shape index (κ1) is 16.5. The Morgan fingerprint density at radius 2 is 1.79 bits per heavy atom. The summed E-state index contributed by atoms with van der Waals surface area (Å²) >= 11 is 0. The van der Waals surface area contributed by atoms with E-state index in [0.29, 0.717) is 12.4 Å². The van der Waals surface area contributed by atoms with Gasteiger partial charge in [-0.25, -0.2) is 4.98 Å². The van der Waals surface area contributed by atoms with Gasteiger partial charge in [-0.3, -0.25) is 0 Å². The van der Waals surface area contributed by atoms with Gasteiger partial charge in [-0.2, -0.15) is 0 Å². The maximum atomic E-state index is 10.4. The van der Waals surface area contributed by atoms with Gasteiger partial charge in [0.1, 0.15) is 30.4 Å². The zero-order valence-electron chi connectivity index (χ0n) is 13.9. The van der Waals surface area contributed by atoms with E-state index in [0.717, 1.165) is 22.3 Å². The summed E-state index contributed by atoms with van der Waals surface area (Å²) in [5.41, 5.74) is 2.73. The van der Waals surface area contributed by atoms with Gasteiger partial charge in [-0.1, -0.05) is 30.3 Å². The lowest BCUT2D eigenvalue weighted by atomic mass is 10.2. The minimum absolute atomic E-state index is 0.177. The first-order chi connectivity index (χ1) is 11.6. The zero-order valence-corrected chi connectivity index (χ0v) is 13.9. The Kier molecular flexibility index (Phi) is 4.83. The van der Waals surface area contributed by atoms with Crippen LogP contribution >= 0.6 is 0 Å². The molecule has 0 radical (unpaired) electrons. The molecule has 0 fully saturated rings. The molecule has 0 amide bonds. The van der Waals surface area contributed by atoms with Crippen LogP contribution in [-0.4, -0.2) is 32.5 Å². The maximum absolute atomic E-state index is 10.4. The number of nitrogens with zero attached hydrogens (tertiary/aromatic N) is 2. The zero-order chi connectivity index (χ0) is 17.1. The van der Waals surface area contributed by atoms with E-state index in [9.17, 15) is 10.2 Å². The van der Waals surface area contributed by atoms with Crippen LogP contribution in [0.15, 0.2) is 48.5 Å². The van der Waals surface area contributed by atoms with Gasteiger partial charge in [0.05, 0.1) is 17.6 Å². The molecule has 1 heterocycles. The molecule has 0 saturated carbocycles. The number of rotatable bonds is 6. The average molecular weight is 326 g/mol. The van der Waals surface area contributed by atoms with Crippen molar-refractivity contribution in [2.75, 3.05) is 6.61 Å². The number of ether oxygens (including phenoxy) is 1. The van der Waals surface area contributed by atoms with Crippen LogP contribution in [0, 0.1) is 6.92 Å². The van der Waals surface area contributed by atoms with E-state index in [-0.39, 0.29) is 6.61 Å². The summed E-state index contributed by atoms with van der Waals surface area (Å²) in [6.45, 7) is 4.13. The lowest BCUT2D eigenvalue weighted by Gasteiger charge is -2.17. The van der Waals surface area contributed by atoms with Crippen LogP contribution in [0.2, 0.25) is 0 Å². The second-order valence-electron chi connectivity index (χ2n) is 5.98. The molecule has 0 saturated heterocycles. The van der Waals surface area contributed by atoms with E-state index in [1.165, 1.54) is 0 Å². The fourth-order valence-electron chi connectivity index (χ4n) is 2.77. The van der Waals surface area contributed by atoms with Crippen LogP contribution in [0.3, 0.4) is 0 Å². The fraction of sp³-hybridized carbons (Fsp3) is 0.316. The molecular formula is C19H22N2O3. The summed E-state index contributed by atoms with van der Waals surface area (Å²) in [6.07, 6.45) is -1.42. The van der Waals surface area contributed by atoms with Crippen LogP contribution in [0.5, 0.6) is 5.75 Å². The van der Waals surface area contributed by atoms with Crippen molar-refractivity contribution in [3.05, 3.63) is 59.9 Å². The molecule has 0 aliphatic carbocycles. The van der Waals surface area contributed by atoms with Crippen molar-refractivity contribution in [3.8, 4) is 5.75 Å². The Labute approximate surface area is 141 Å². The molecule has 5 heteroatoms. The number of hydrogen-bond acceptors (Lipinski definition) is 4. The summed E-state index contributed by atoms with van der Waals surface area (Å²) in [7, 11) is 0. The van der Waals surface area contributed by atoms with Crippen molar-refractivity contribution in [2.24, 2.45) is 0 Å². The normalized spacial score (nSPS) is 13.8. The number of aliphatic hydroxyl groups excluding tert-OH is 2. The monoisotopic (exact) mass is 326 g/mol. The highest BCUT2D eigenvalue weighted by atomic mass is 16.5. The summed E-state index contributed by atoms with van der Waals surface area (Å²) in [4.78, 5) is 4.46. The molecule has 2 aromatic carbocycles. The largest absolute Gasteiger partial charge is 0.491 e. The molecule has 126 valence electrons. The number of para-hydroxylation sites is 3. The molecule has 3 rings (SSSR count). The Morgan fingerprint density at radius 1 is 1.08 bits per heavy atom. The van der Waals surface area contributed by atoms with Gasteiger partial charge in [-0.05, 0) is 37.6 Å². The van der Waals surface area contributed by atoms with E-state index < -0.39 is 12.2 Å². The highest BCUT2D eigenvalue weighted by molar-refractivity contribution is 5.76. The fourth-order valence-corrected chi connectivity index (χ4v) is 2.77. The number of imidazole rings is 1. The van der Waals surface area contributed by atoms with Gasteiger partial charge >= 0.3 is 0 Å². The Hall–Kier alpha value is -2.37. The molecule has 0 spiro atoms. The van der Waals surface area contributed by atoms with Crippen LogP contribution in [0.4, 0.5) is 0 Å². The molecule has 0 aliphatic heterocycles. The van der Waals surface area contributed by atoms with E-state index in [1.54, 1.807) is 6.92 Å². The average Bonchev–Trinajstić information content (AvgIpc) is 2.93. The Morgan fingerprint density at radius 3 is 2.54 bits per heavy atom. The summed E-state index contributed by atoms with van der Waals surface area (Å²) in [6, 6.07) is 15.4. The molecular weight excluding hydrogens is 304 g/mol. The number of benzene rings is 2. The SMILES string of the molecule is Cc1ccccc1OC[C@H](O)Cn1c([C@@H](C)O)nc2ccccc21. The smallest absolute Gasteiger partial charge is 0.138 e. The minimum atomic E-state index is -0.709. The molecule has 5 nitrogen and oxygen atoms in total. The van der Waals surface area contributed by atoms with Crippen LogP contribution in [-0.2, 0) is 6.54 Å². The van der Waals surface area contributed by atoms with Crippen LogP contribution in [0.1, 0.15) is 24.4 Å². The van der Waals surface area contributed by atoms with Gasteiger partial charge in [0.25, 0.3) is 0 Å². The third-order valence-electron chi connectivity index (χ3n) is 3.98. The molecule has 3 aromatic rings. The van der Waals surface area contributed by atoms with Gasteiger partial charge in [0.2, 0.25) is 0 Å². The first-order valence-electron chi connectivity index (χ1n) is 8.06. The molecule has 0 unspecified atom stereocenters. The first-order valence-corrected chi connectivity index (χ1v) is 8.06. The summed E-state index contributed by atoms with van der Waals surface area (Å²) in [5.74, 6) is 1.31. The number of aryl methyl sites for hydroxylation is 1. The second kappa shape index (κ2) is 7.03. The Balaban J connectivity index is 1.76. The van der Waals surface area contributed by atoms with E-state index in [2.05, 4.69) is 4.98 Å². The third-order valence-corrected chi connectivity index (χ3v) is 3.98. The highest BCUT2D eigenvalue weighted by Gasteiger charge is 2.17. The lowest BCUT2D eigenvalue weighted by molar-refractivity contribution is 0.0892. The molecule has 2 atom stereocenters. The van der Waals surface area contributed by atoms with Gasteiger partial charge in [0.15, 0.2) is 0 Å². The number of aromatic nitrogens is 2. The quantitative estimate of drug-likeness (QED) is 0.731. The van der Waals surface area contributed by atoms with Crippen molar-refractivity contribution in [1.82, 2.24) is 9.55 Å². The second-order valence-corrected chi connectivity index (χ2v) is 5.98. The predicted octanol–water partition coefficient (Wildman–Crippen LogP) is 2.84. The minimum Gasteiger partial charge on any atom is -0.491 e. The third kappa shape index (κ3) is 3.42. The van der Waals surface area contributed by atoms with Gasteiger partial charge in [-0.15, -0.1) is 0 Å². The molecule has 2 N–H and O–H groups in total. The lowest BCUT2D eigenvalue weighted by Crippen LogP contribution is -2.25. The summed E-state index contributed by atoms with van der Waals surface area (Å²) in [5, 5.41) is 20.4. The van der Waals surface area contributed by atoms with Gasteiger partial charge in [0, 0.05) is 0 Å². The van der Waals surface area contributed by atoms with Crippen molar-refractivity contribution in [1.29, 1.82) is 0 Å². The topological polar surface area (TPSA) is 67.5 Å². The Bertz CT molecular complexity index is 826. The molecule has 1 aromatic heterocycles. The maximum Gasteiger partial charge on any atom is 0.138 e. The van der Waals surface area contributed by atoms with Crippen molar-refractivity contribution in [3.63, 3.8) is 0 Å². The van der Waals surface area contributed by atoms with E-state index in [4.69, 9.17) is 4.74 Å². The van der Waals surface area contributed by atoms with Crippen molar-refractivity contribution in [2.45, 2.75) is 32.6 Å². The highest BCUT2D eigenvalue weighted by Crippen LogP contribution is 2.21. The number of aliphatic hydroxyl groups is 2. The predicted molar refractivity (Wildman–Crippen MR) is 93.0 cm³/mol. The van der Waals surface area contributed by atoms with E-state index >= 15 is 0 Å². The van der Waals surface area contributed by atoms with Crippen molar-refractivity contribution < 1.29 is 14.9 Å². The molecule has 0 aliphatic rings. The molecule has 0 bridgehead atoms. The number of hydrogen-bond donors (Lipinski definition) is 2. The summed E-state index contributed by atoms with van der Waals surface area (Å²) < 4.78 is 7.57. The van der Waals surface area contributed by atoms with Gasteiger partial charge < -0.3 is 19.5 Å². The standard InChI is InChI=1S/C19H22N2O3/c1-13-7-3-6-10-18(13)24-12-15(23)11-21-17-9-5-4-8-16(17)20-19(21)14(2)22/h3-10,14-15,22-23H,11-12H2,1-2H3/t14-,15-/m1/s1. The van der Waals surface area contributed by atoms with E-state index in [1.807, 2.05) is 60.0 Å². The van der Waals surface area contributed by atoms with Crippen LogP contribution < -0.4 is 4.74 Å². The number of fused-ring (bicyclic) bond motifs is 1.